The first kappa shape index (κ1) is 9.10. The fourth-order valence-corrected chi connectivity index (χ4v) is 2.63. The predicted octanol–water partition coefficient (Wildman–Crippen LogP) is 2.57. The lowest BCUT2D eigenvalue weighted by Crippen LogP contribution is -2.07. The molecule has 4 nitrogen and oxygen atoms in total. The number of hydrogen-bond acceptors (Lipinski definition) is 2. The highest BCUT2D eigenvalue weighted by Crippen LogP contribution is 2.41. The lowest BCUT2D eigenvalue weighted by molar-refractivity contribution is 1.01. The molecule has 2 N–H and O–H groups in total. The number of hydrogen-bond donors (Lipinski definition) is 2. The summed E-state index contributed by atoms with van der Waals surface area (Å²) >= 11 is 0. The van der Waals surface area contributed by atoms with Crippen molar-refractivity contribution in [1.82, 2.24) is 14.9 Å². The summed E-state index contributed by atoms with van der Waals surface area (Å²) in [6.45, 7) is 0. The number of fused-ring (bicyclic) bond motifs is 3. The van der Waals surface area contributed by atoms with E-state index < -0.39 is 0 Å². The Morgan fingerprint density at radius 1 is 1.35 bits per heavy atom. The van der Waals surface area contributed by atoms with E-state index >= 15 is 0 Å². The lowest BCUT2D eigenvalue weighted by atomic mass is 10.1. The first-order valence-corrected chi connectivity index (χ1v) is 6.03. The van der Waals surface area contributed by atoms with E-state index in [9.17, 15) is 0 Å². The zero-order valence-electron chi connectivity index (χ0n) is 9.70. The van der Waals surface area contributed by atoms with Crippen molar-refractivity contribution in [3.05, 3.63) is 30.0 Å². The Bertz CT molecular complexity index is 703. The number of aromatic nitrogens is 3. The van der Waals surface area contributed by atoms with Crippen LogP contribution in [0, 0.1) is 0 Å². The molecule has 4 heteroatoms. The van der Waals surface area contributed by atoms with Gasteiger partial charge in [-0.3, -0.25) is 9.77 Å². The zero-order chi connectivity index (χ0) is 11.4. The predicted molar refractivity (Wildman–Crippen MR) is 68.8 cm³/mol. The quantitative estimate of drug-likeness (QED) is 0.705. The molecule has 2 heterocycles. The number of aromatic amines is 1. The molecule has 0 aliphatic heterocycles. The highest BCUT2D eigenvalue weighted by Gasteiger charge is 2.24. The molecule has 0 atom stereocenters. The molecule has 0 spiro atoms. The molecular weight excluding hydrogens is 212 g/mol. The molecule has 1 aliphatic rings. The third kappa shape index (κ3) is 1.15. The summed E-state index contributed by atoms with van der Waals surface area (Å²) in [5, 5.41) is 8.41. The minimum Gasteiger partial charge on any atom is -0.328 e. The van der Waals surface area contributed by atoms with Gasteiger partial charge in [0.1, 0.15) is 5.52 Å². The summed E-state index contributed by atoms with van der Waals surface area (Å²) in [7, 11) is 1.94. The molecule has 0 bridgehead atoms. The molecule has 0 unspecified atom stereocenters. The van der Waals surface area contributed by atoms with E-state index in [2.05, 4.69) is 38.5 Å². The number of benzene rings is 1. The standard InChI is InChI=1S/C13H14N4/c1-14-17-11-6-9(8-2-3-8)4-5-10(11)13-12(17)7-15-16-13/h4-8,14H,2-3H2,1H3,(H,15,16). The van der Waals surface area contributed by atoms with Crippen LogP contribution in [0.15, 0.2) is 24.4 Å². The van der Waals surface area contributed by atoms with E-state index in [0.717, 1.165) is 17.0 Å². The summed E-state index contributed by atoms with van der Waals surface area (Å²) in [6, 6.07) is 6.76. The molecule has 4 rings (SSSR count). The fraction of sp³-hybridized carbons (Fsp3) is 0.308. The second kappa shape index (κ2) is 3.03. The van der Waals surface area contributed by atoms with Crippen LogP contribution in [0.1, 0.15) is 24.3 Å². The van der Waals surface area contributed by atoms with Crippen LogP contribution in [0.3, 0.4) is 0 Å². The highest BCUT2D eigenvalue weighted by molar-refractivity contribution is 6.06. The monoisotopic (exact) mass is 226 g/mol. The smallest absolute Gasteiger partial charge is 0.108 e. The Labute approximate surface area is 98.6 Å². The Morgan fingerprint density at radius 3 is 3.00 bits per heavy atom. The molecule has 1 aliphatic carbocycles. The van der Waals surface area contributed by atoms with Crippen LogP contribution < -0.4 is 5.43 Å². The third-order valence-electron chi connectivity index (χ3n) is 3.66. The summed E-state index contributed by atoms with van der Waals surface area (Å²) < 4.78 is 2.10. The molecule has 1 aromatic carbocycles. The zero-order valence-corrected chi connectivity index (χ0v) is 9.70. The van der Waals surface area contributed by atoms with Crippen LogP contribution in [0.25, 0.3) is 21.9 Å². The fourth-order valence-electron chi connectivity index (χ4n) is 2.63. The second-order valence-electron chi connectivity index (χ2n) is 4.74. The van der Waals surface area contributed by atoms with Gasteiger partial charge < -0.3 is 5.43 Å². The van der Waals surface area contributed by atoms with Crippen LogP contribution in [0.4, 0.5) is 0 Å². The molecule has 2 aromatic heterocycles. The van der Waals surface area contributed by atoms with Crippen molar-refractivity contribution in [2.45, 2.75) is 18.8 Å². The van der Waals surface area contributed by atoms with E-state index in [-0.39, 0.29) is 0 Å². The van der Waals surface area contributed by atoms with Crippen molar-refractivity contribution in [3.8, 4) is 0 Å². The number of H-pyrrole nitrogens is 1. The molecule has 0 radical (unpaired) electrons. The van der Waals surface area contributed by atoms with Gasteiger partial charge in [-0.05, 0) is 30.4 Å². The van der Waals surface area contributed by atoms with Gasteiger partial charge in [-0.2, -0.15) is 5.10 Å². The Morgan fingerprint density at radius 2 is 2.24 bits per heavy atom. The molecule has 0 saturated heterocycles. The van der Waals surface area contributed by atoms with Crippen LogP contribution in [-0.2, 0) is 0 Å². The molecule has 0 amide bonds. The molecule has 1 fully saturated rings. The first-order valence-electron chi connectivity index (χ1n) is 6.03. The average Bonchev–Trinajstić information content (AvgIpc) is 3.02. The van der Waals surface area contributed by atoms with Crippen LogP contribution in [0.5, 0.6) is 0 Å². The third-order valence-corrected chi connectivity index (χ3v) is 3.66. The van der Waals surface area contributed by atoms with Gasteiger partial charge in [0.15, 0.2) is 0 Å². The van der Waals surface area contributed by atoms with Gasteiger partial charge in [-0.25, -0.2) is 0 Å². The summed E-state index contributed by atoms with van der Waals surface area (Å²) in [4.78, 5) is 0. The number of rotatable bonds is 2. The highest BCUT2D eigenvalue weighted by atomic mass is 15.4. The molecular formula is C13H14N4. The maximum Gasteiger partial charge on any atom is 0.108 e. The van der Waals surface area contributed by atoms with Crippen LogP contribution in [0.2, 0.25) is 0 Å². The van der Waals surface area contributed by atoms with E-state index in [1.165, 1.54) is 29.3 Å². The van der Waals surface area contributed by atoms with Crippen molar-refractivity contribution in [2.24, 2.45) is 0 Å². The van der Waals surface area contributed by atoms with Gasteiger partial charge in [0.2, 0.25) is 0 Å². The first-order chi connectivity index (χ1) is 8.38. The minimum atomic E-state index is 0.788. The van der Waals surface area contributed by atoms with Crippen molar-refractivity contribution < 1.29 is 0 Å². The Hall–Kier alpha value is -1.97. The minimum absolute atomic E-state index is 0.788. The maximum atomic E-state index is 4.10. The molecule has 3 aromatic rings. The van der Waals surface area contributed by atoms with E-state index in [0.29, 0.717) is 0 Å². The van der Waals surface area contributed by atoms with Gasteiger partial charge in [-0.1, -0.05) is 12.1 Å². The normalized spacial score (nSPS) is 15.8. The molecule has 1 saturated carbocycles. The summed E-state index contributed by atoms with van der Waals surface area (Å²) in [5.74, 6) is 0.788. The SMILES string of the molecule is CNn1c2cc(C3CC3)ccc2c2[nH]ncc21. The van der Waals surface area contributed by atoms with Crippen molar-refractivity contribution in [2.75, 3.05) is 12.5 Å². The van der Waals surface area contributed by atoms with Gasteiger partial charge in [-0.15, -0.1) is 0 Å². The van der Waals surface area contributed by atoms with E-state index in [1.807, 2.05) is 13.2 Å². The largest absolute Gasteiger partial charge is 0.328 e. The average molecular weight is 226 g/mol. The maximum absolute atomic E-state index is 4.10. The topological polar surface area (TPSA) is 45.6 Å². The molecule has 17 heavy (non-hydrogen) atoms. The van der Waals surface area contributed by atoms with Gasteiger partial charge in [0.25, 0.3) is 0 Å². The summed E-state index contributed by atoms with van der Waals surface area (Å²) in [5.41, 5.74) is 8.13. The molecule has 86 valence electrons. The van der Waals surface area contributed by atoms with Crippen LogP contribution >= 0.6 is 0 Å². The summed E-state index contributed by atoms with van der Waals surface area (Å²) in [6.07, 6.45) is 4.54. The Balaban J connectivity index is 2.10. The number of nitrogens with one attached hydrogen (secondary N) is 2. The van der Waals surface area contributed by atoms with Crippen molar-refractivity contribution in [1.29, 1.82) is 0 Å². The number of nitrogens with zero attached hydrogens (tertiary/aromatic N) is 2. The van der Waals surface area contributed by atoms with Gasteiger partial charge in [0, 0.05) is 12.4 Å². The lowest BCUT2D eigenvalue weighted by Gasteiger charge is -2.05. The van der Waals surface area contributed by atoms with E-state index in [4.69, 9.17) is 0 Å². The van der Waals surface area contributed by atoms with E-state index in [1.54, 1.807) is 0 Å². The van der Waals surface area contributed by atoms with Gasteiger partial charge >= 0.3 is 0 Å². The Kier molecular flexibility index (Phi) is 1.62. The van der Waals surface area contributed by atoms with Crippen molar-refractivity contribution >= 4 is 21.9 Å². The second-order valence-corrected chi connectivity index (χ2v) is 4.74. The van der Waals surface area contributed by atoms with Gasteiger partial charge in [0.05, 0.1) is 17.2 Å². The van der Waals surface area contributed by atoms with Crippen molar-refractivity contribution in [3.63, 3.8) is 0 Å². The van der Waals surface area contributed by atoms with Crippen LogP contribution in [-0.4, -0.2) is 21.9 Å².